The highest BCUT2D eigenvalue weighted by molar-refractivity contribution is 5.33. The number of nitrogens with two attached hydrogens (primary N) is 1. The van der Waals surface area contributed by atoms with Gasteiger partial charge in [0.1, 0.15) is 0 Å². The summed E-state index contributed by atoms with van der Waals surface area (Å²) in [6.07, 6.45) is 3.47. The Morgan fingerprint density at radius 2 is 1.89 bits per heavy atom. The van der Waals surface area contributed by atoms with E-state index in [1.807, 2.05) is 0 Å². The van der Waals surface area contributed by atoms with Crippen molar-refractivity contribution in [2.45, 2.75) is 26.3 Å². The predicted molar refractivity (Wildman–Crippen MR) is 71.7 cm³/mol. The first kappa shape index (κ1) is 14.7. The van der Waals surface area contributed by atoms with Crippen molar-refractivity contribution in [3.05, 3.63) is 28.7 Å². The Bertz CT molecular complexity index is 390. The number of aromatic nitrogens is 1. The largest absolute Gasteiger partial charge is 0.398 e. The van der Waals surface area contributed by atoms with Crippen molar-refractivity contribution in [1.82, 2.24) is 4.57 Å². The van der Waals surface area contributed by atoms with Crippen LogP contribution in [-0.4, -0.2) is 31.0 Å². The zero-order valence-electron chi connectivity index (χ0n) is 10.9. The van der Waals surface area contributed by atoms with E-state index < -0.39 is 0 Å². The smallest absolute Gasteiger partial charge is 0.250 e. The monoisotopic (exact) mass is 254 g/mol. The zero-order chi connectivity index (χ0) is 13.2. The third-order valence-electron chi connectivity index (χ3n) is 2.41. The SMILES string of the molecule is CCCOCCOCCCn1cc(N)ccc1=O. The molecular formula is C13H22N2O3. The molecule has 0 saturated heterocycles. The molecule has 1 heterocycles. The molecule has 5 heteroatoms. The molecule has 1 rings (SSSR count). The highest BCUT2D eigenvalue weighted by Gasteiger charge is 1.96. The molecule has 0 aliphatic heterocycles. The Morgan fingerprint density at radius 3 is 2.61 bits per heavy atom. The molecule has 0 unspecified atom stereocenters. The minimum atomic E-state index is -0.0320. The topological polar surface area (TPSA) is 66.5 Å². The van der Waals surface area contributed by atoms with Crippen molar-refractivity contribution < 1.29 is 9.47 Å². The maximum Gasteiger partial charge on any atom is 0.250 e. The number of rotatable bonds is 9. The Kier molecular flexibility index (Phi) is 7.13. The van der Waals surface area contributed by atoms with Gasteiger partial charge >= 0.3 is 0 Å². The third-order valence-corrected chi connectivity index (χ3v) is 2.41. The number of ether oxygens (including phenoxy) is 2. The molecule has 1 aromatic heterocycles. The Labute approximate surface area is 108 Å². The molecule has 0 aromatic carbocycles. The second-order valence-corrected chi connectivity index (χ2v) is 4.07. The first-order valence-corrected chi connectivity index (χ1v) is 6.35. The van der Waals surface area contributed by atoms with Crippen LogP contribution in [0.15, 0.2) is 23.1 Å². The second-order valence-electron chi connectivity index (χ2n) is 4.07. The number of pyridine rings is 1. The first-order chi connectivity index (χ1) is 8.74. The van der Waals surface area contributed by atoms with Gasteiger partial charge in [0.15, 0.2) is 0 Å². The van der Waals surface area contributed by atoms with Crippen molar-refractivity contribution in [2.24, 2.45) is 0 Å². The third kappa shape index (κ3) is 5.84. The van der Waals surface area contributed by atoms with E-state index in [1.165, 1.54) is 6.07 Å². The van der Waals surface area contributed by atoms with Gasteiger partial charge in [0.05, 0.1) is 13.2 Å². The van der Waals surface area contributed by atoms with E-state index in [2.05, 4.69) is 6.92 Å². The predicted octanol–water partition coefficient (Wildman–Crippen LogP) is 1.26. The van der Waals surface area contributed by atoms with Crippen LogP contribution in [0, 0.1) is 0 Å². The lowest BCUT2D eigenvalue weighted by molar-refractivity contribution is 0.0461. The Balaban J connectivity index is 2.11. The van der Waals surface area contributed by atoms with Crippen LogP contribution < -0.4 is 11.3 Å². The number of hydrogen-bond donors (Lipinski definition) is 1. The number of anilines is 1. The maximum absolute atomic E-state index is 11.5. The minimum Gasteiger partial charge on any atom is -0.398 e. The molecule has 102 valence electrons. The zero-order valence-corrected chi connectivity index (χ0v) is 10.9. The van der Waals surface area contributed by atoms with Crippen LogP contribution in [0.3, 0.4) is 0 Å². The average molecular weight is 254 g/mol. The van der Waals surface area contributed by atoms with E-state index in [4.69, 9.17) is 15.2 Å². The van der Waals surface area contributed by atoms with Gasteiger partial charge in [-0.1, -0.05) is 6.92 Å². The molecular weight excluding hydrogens is 232 g/mol. The molecule has 0 bridgehead atoms. The molecule has 2 N–H and O–H groups in total. The quantitative estimate of drug-likeness (QED) is 0.674. The summed E-state index contributed by atoms with van der Waals surface area (Å²) in [7, 11) is 0. The lowest BCUT2D eigenvalue weighted by Crippen LogP contribution is -2.20. The van der Waals surface area contributed by atoms with Crippen LogP contribution in [0.25, 0.3) is 0 Å². The highest BCUT2D eigenvalue weighted by atomic mass is 16.5. The van der Waals surface area contributed by atoms with Crippen LogP contribution >= 0.6 is 0 Å². The molecule has 5 nitrogen and oxygen atoms in total. The standard InChI is InChI=1S/C13H22N2O3/c1-2-7-17-9-10-18-8-3-6-15-11-12(14)4-5-13(15)16/h4-5,11H,2-3,6-10,14H2,1H3. The van der Waals surface area contributed by atoms with Crippen LogP contribution in [0.4, 0.5) is 5.69 Å². The molecule has 0 aliphatic rings. The van der Waals surface area contributed by atoms with Crippen LogP contribution in [-0.2, 0) is 16.0 Å². The Morgan fingerprint density at radius 1 is 1.17 bits per heavy atom. The fourth-order valence-electron chi connectivity index (χ4n) is 1.53. The van der Waals surface area contributed by atoms with E-state index >= 15 is 0 Å². The number of nitrogen functional groups attached to an aromatic ring is 1. The molecule has 0 amide bonds. The maximum atomic E-state index is 11.5. The molecule has 1 aromatic rings. The highest BCUT2D eigenvalue weighted by Crippen LogP contribution is 1.97. The van der Waals surface area contributed by atoms with Gasteiger partial charge in [-0.05, 0) is 18.9 Å². The van der Waals surface area contributed by atoms with Gasteiger partial charge < -0.3 is 19.8 Å². The molecule has 0 radical (unpaired) electrons. The van der Waals surface area contributed by atoms with Gasteiger partial charge in [0.2, 0.25) is 0 Å². The van der Waals surface area contributed by atoms with E-state index in [0.29, 0.717) is 32.1 Å². The summed E-state index contributed by atoms with van der Waals surface area (Å²) in [6, 6.07) is 3.09. The molecule has 0 fully saturated rings. The summed E-state index contributed by atoms with van der Waals surface area (Å²) in [6.45, 7) is 5.33. The average Bonchev–Trinajstić information content (AvgIpc) is 2.36. The fraction of sp³-hybridized carbons (Fsp3) is 0.615. The number of hydrogen-bond acceptors (Lipinski definition) is 4. The number of nitrogens with zero attached hydrogens (tertiary/aromatic N) is 1. The summed E-state index contributed by atoms with van der Waals surface area (Å²) in [5.41, 5.74) is 6.19. The lowest BCUT2D eigenvalue weighted by atomic mass is 10.4. The summed E-state index contributed by atoms with van der Waals surface area (Å²) >= 11 is 0. The lowest BCUT2D eigenvalue weighted by Gasteiger charge is -2.07. The molecule has 18 heavy (non-hydrogen) atoms. The van der Waals surface area contributed by atoms with E-state index in [0.717, 1.165) is 19.4 Å². The van der Waals surface area contributed by atoms with Gasteiger partial charge in [-0.3, -0.25) is 4.79 Å². The van der Waals surface area contributed by atoms with E-state index in [-0.39, 0.29) is 5.56 Å². The Hall–Kier alpha value is -1.33. The van der Waals surface area contributed by atoms with Crippen molar-refractivity contribution in [3.8, 4) is 0 Å². The van der Waals surface area contributed by atoms with Gasteiger partial charge in [0.25, 0.3) is 5.56 Å². The molecule has 0 aliphatic carbocycles. The van der Waals surface area contributed by atoms with Crippen LogP contribution in [0.5, 0.6) is 0 Å². The molecule has 0 atom stereocenters. The van der Waals surface area contributed by atoms with Gasteiger partial charge in [-0.2, -0.15) is 0 Å². The van der Waals surface area contributed by atoms with Crippen LogP contribution in [0.1, 0.15) is 19.8 Å². The summed E-state index contributed by atoms with van der Waals surface area (Å²) in [5.74, 6) is 0. The molecule has 0 saturated carbocycles. The summed E-state index contributed by atoms with van der Waals surface area (Å²) in [5, 5.41) is 0. The summed E-state index contributed by atoms with van der Waals surface area (Å²) in [4.78, 5) is 11.5. The fourth-order valence-corrected chi connectivity index (χ4v) is 1.53. The first-order valence-electron chi connectivity index (χ1n) is 6.35. The van der Waals surface area contributed by atoms with Gasteiger partial charge in [-0.25, -0.2) is 0 Å². The number of aryl methyl sites for hydroxylation is 1. The van der Waals surface area contributed by atoms with Crippen LogP contribution in [0.2, 0.25) is 0 Å². The summed E-state index contributed by atoms with van der Waals surface area (Å²) < 4.78 is 12.3. The van der Waals surface area contributed by atoms with E-state index in [9.17, 15) is 4.79 Å². The van der Waals surface area contributed by atoms with Crippen molar-refractivity contribution in [3.63, 3.8) is 0 Å². The van der Waals surface area contributed by atoms with Crippen molar-refractivity contribution in [2.75, 3.05) is 32.2 Å². The van der Waals surface area contributed by atoms with Gasteiger partial charge in [0, 0.05) is 37.7 Å². The van der Waals surface area contributed by atoms with Gasteiger partial charge in [-0.15, -0.1) is 0 Å². The van der Waals surface area contributed by atoms with Crippen molar-refractivity contribution >= 4 is 5.69 Å². The normalized spacial score (nSPS) is 10.7. The molecule has 0 spiro atoms. The van der Waals surface area contributed by atoms with Crippen molar-refractivity contribution in [1.29, 1.82) is 0 Å². The second kappa shape index (κ2) is 8.72. The minimum absolute atomic E-state index is 0.0320. The van der Waals surface area contributed by atoms with E-state index in [1.54, 1.807) is 16.8 Å².